The van der Waals surface area contributed by atoms with Crippen molar-refractivity contribution in [1.82, 2.24) is 9.97 Å². The molecule has 0 aliphatic carbocycles. The van der Waals surface area contributed by atoms with Crippen molar-refractivity contribution in [2.24, 2.45) is 5.73 Å². The lowest BCUT2D eigenvalue weighted by molar-refractivity contribution is 0.108. The Balaban J connectivity index is 2.47. The molecule has 0 radical (unpaired) electrons. The summed E-state index contributed by atoms with van der Waals surface area (Å²) >= 11 is 0. The van der Waals surface area contributed by atoms with Crippen LogP contribution in [0.15, 0.2) is 0 Å². The van der Waals surface area contributed by atoms with Crippen LogP contribution in [0.2, 0.25) is 0 Å². The van der Waals surface area contributed by atoms with E-state index in [-0.39, 0.29) is 0 Å². The number of aryl methyl sites for hydroxylation is 1. The van der Waals surface area contributed by atoms with Crippen molar-refractivity contribution < 1.29 is 4.74 Å². The van der Waals surface area contributed by atoms with Crippen molar-refractivity contribution in [2.75, 3.05) is 6.61 Å². The molecule has 2 N–H and O–H groups in total. The molecule has 0 saturated carbocycles. The predicted octanol–water partition coefficient (Wildman–Crippen LogP) is 0.316. The number of aromatic nitrogens is 2. The van der Waals surface area contributed by atoms with Gasteiger partial charge in [0.1, 0.15) is 5.82 Å². The molecule has 0 amide bonds. The van der Waals surface area contributed by atoms with Crippen LogP contribution in [-0.4, -0.2) is 16.6 Å². The lowest BCUT2D eigenvalue weighted by atomic mass is 10.1. The molecule has 0 aromatic carbocycles. The standard InChI is InChI=1S/C9H13N3O/c1-6-7-5-13-3-2-8(7)12-9(4-10)11-6/h2-5,10H2,1H3. The zero-order valence-electron chi connectivity index (χ0n) is 7.71. The van der Waals surface area contributed by atoms with Crippen LogP contribution in [0.5, 0.6) is 0 Å². The van der Waals surface area contributed by atoms with E-state index in [4.69, 9.17) is 10.5 Å². The number of hydrogen-bond donors (Lipinski definition) is 1. The molecule has 70 valence electrons. The van der Waals surface area contributed by atoms with E-state index in [2.05, 4.69) is 9.97 Å². The van der Waals surface area contributed by atoms with E-state index >= 15 is 0 Å². The van der Waals surface area contributed by atoms with Crippen LogP contribution in [0, 0.1) is 6.92 Å². The molecular formula is C9H13N3O. The minimum absolute atomic E-state index is 0.412. The van der Waals surface area contributed by atoms with E-state index in [0.29, 0.717) is 13.2 Å². The second-order valence-corrected chi connectivity index (χ2v) is 3.16. The summed E-state index contributed by atoms with van der Waals surface area (Å²) in [6.07, 6.45) is 0.881. The third-order valence-corrected chi connectivity index (χ3v) is 2.26. The third kappa shape index (κ3) is 1.55. The first-order valence-electron chi connectivity index (χ1n) is 4.44. The van der Waals surface area contributed by atoms with Gasteiger partial charge in [-0.25, -0.2) is 9.97 Å². The molecule has 0 saturated heterocycles. The first-order chi connectivity index (χ1) is 6.31. The SMILES string of the molecule is Cc1nc(CN)nc2c1COCC2. The Morgan fingerprint density at radius 1 is 1.46 bits per heavy atom. The van der Waals surface area contributed by atoms with E-state index in [1.165, 1.54) is 0 Å². The summed E-state index contributed by atoms with van der Waals surface area (Å²) in [5.74, 6) is 0.734. The Labute approximate surface area is 77.1 Å². The molecule has 2 heterocycles. The van der Waals surface area contributed by atoms with Crippen LogP contribution in [0.4, 0.5) is 0 Å². The number of rotatable bonds is 1. The Morgan fingerprint density at radius 3 is 3.08 bits per heavy atom. The molecular weight excluding hydrogens is 166 g/mol. The van der Waals surface area contributed by atoms with Crippen molar-refractivity contribution >= 4 is 0 Å². The van der Waals surface area contributed by atoms with Gasteiger partial charge in [0.05, 0.1) is 25.5 Å². The van der Waals surface area contributed by atoms with Crippen molar-refractivity contribution in [1.29, 1.82) is 0 Å². The van der Waals surface area contributed by atoms with Gasteiger partial charge >= 0.3 is 0 Å². The van der Waals surface area contributed by atoms with E-state index < -0.39 is 0 Å². The highest BCUT2D eigenvalue weighted by Gasteiger charge is 2.14. The molecule has 0 bridgehead atoms. The molecule has 4 heteroatoms. The highest BCUT2D eigenvalue weighted by atomic mass is 16.5. The fraction of sp³-hybridized carbons (Fsp3) is 0.556. The van der Waals surface area contributed by atoms with Gasteiger partial charge in [-0.3, -0.25) is 0 Å². The van der Waals surface area contributed by atoms with Crippen LogP contribution in [0.3, 0.4) is 0 Å². The number of nitrogens with zero attached hydrogens (tertiary/aromatic N) is 2. The zero-order chi connectivity index (χ0) is 9.26. The molecule has 0 atom stereocenters. The van der Waals surface area contributed by atoms with Crippen molar-refractivity contribution in [3.63, 3.8) is 0 Å². The Bertz CT molecular complexity index is 325. The Morgan fingerprint density at radius 2 is 2.31 bits per heavy atom. The van der Waals surface area contributed by atoms with Crippen molar-refractivity contribution in [3.8, 4) is 0 Å². The highest BCUT2D eigenvalue weighted by molar-refractivity contribution is 5.26. The van der Waals surface area contributed by atoms with Gasteiger partial charge in [0.25, 0.3) is 0 Å². The smallest absolute Gasteiger partial charge is 0.142 e. The molecule has 0 spiro atoms. The van der Waals surface area contributed by atoms with E-state index in [1.807, 2.05) is 6.92 Å². The maximum absolute atomic E-state index is 5.50. The van der Waals surface area contributed by atoms with E-state index in [9.17, 15) is 0 Å². The lowest BCUT2D eigenvalue weighted by Crippen LogP contribution is -2.17. The largest absolute Gasteiger partial charge is 0.376 e. The molecule has 1 aliphatic rings. The molecule has 4 nitrogen and oxygen atoms in total. The molecule has 1 aromatic heterocycles. The second kappa shape index (κ2) is 3.40. The van der Waals surface area contributed by atoms with Crippen LogP contribution >= 0.6 is 0 Å². The van der Waals surface area contributed by atoms with Crippen LogP contribution in [0.1, 0.15) is 22.8 Å². The molecule has 13 heavy (non-hydrogen) atoms. The summed E-state index contributed by atoms with van der Waals surface area (Å²) in [6.45, 7) is 3.79. The third-order valence-electron chi connectivity index (χ3n) is 2.26. The maximum Gasteiger partial charge on any atom is 0.142 e. The average Bonchev–Trinajstić information content (AvgIpc) is 2.18. The number of ether oxygens (including phenoxy) is 1. The quantitative estimate of drug-likeness (QED) is 0.674. The van der Waals surface area contributed by atoms with Gasteiger partial charge in [-0.05, 0) is 6.92 Å². The number of nitrogens with two attached hydrogens (primary N) is 1. The summed E-state index contributed by atoms with van der Waals surface area (Å²) in [4.78, 5) is 8.67. The zero-order valence-corrected chi connectivity index (χ0v) is 7.71. The molecule has 1 aliphatic heterocycles. The van der Waals surface area contributed by atoms with Gasteiger partial charge in [0, 0.05) is 17.7 Å². The van der Waals surface area contributed by atoms with Crippen molar-refractivity contribution in [2.45, 2.75) is 26.5 Å². The van der Waals surface area contributed by atoms with Crippen molar-refractivity contribution in [3.05, 3.63) is 22.8 Å². The maximum atomic E-state index is 5.50. The molecule has 2 rings (SSSR count). The molecule has 0 fully saturated rings. The Kier molecular flexibility index (Phi) is 2.24. The summed E-state index contributed by atoms with van der Waals surface area (Å²) in [5.41, 5.74) is 8.75. The fourth-order valence-electron chi connectivity index (χ4n) is 1.55. The topological polar surface area (TPSA) is 61.0 Å². The van der Waals surface area contributed by atoms with E-state index in [0.717, 1.165) is 35.8 Å². The summed E-state index contributed by atoms with van der Waals surface area (Å²) < 4.78 is 5.34. The van der Waals surface area contributed by atoms with Gasteiger partial charge in [-0.15, -0.1) is 0 Å². The van der Waals surface area contributed by atoms with Crippen LogP contribution in [-0.2, 0) is 24.3 Å². The normalized spacial score (nSPS) is 15.5. The monoisotopic (exact) mass is 179 g/mol. The number of fused-ring (bicyclic) bond motifs is 1. The summed E-state index contributed by atoms with van der Waals surface area (Å²) in [7, 11) is 0. The van der Waals surface area contributed by atoms with Gasteiger partial charge < -0.3 is 10.5 Å². The minimum atomic E-state index is 0.412. The first kappa shape index (κ1) is 8.59. The van der Waals surface area contributed by atoms with Gasteiger partial charge in [-0.2, -0.15) is 0 Å². The van der Waals surface area contributed by atoms with Gasteiger partial charge in [-0.1, -0.05) is 0 Å². The van der Waals surface area contributed by atoms with E-state index in [1.54, 1.807) is 0 Å². The molecule has 1 aromatic rings. The summed E-state index contributed by atoms with van der Waals surface area (Å²) in [6, 6.07) is 0. The predicted molar refractivity (Wildman–Crippen MR) is 48.0 cm³/mol. The first-order valence-corrected chi connectivity index (χ1v) is 4.44. The second-order valence-electron chi connectivity index (χ2n) is 3.16. The minimum Gasteiger partial charge on any atom is -0.376 e. The van der Waals surface area contributed by atoms with Crippen LogP contribution in [0.25, 0.3) is 0 Å². The summed E-state index contributed by atoms with van der Waals surface area (Å²) in [5, 5.41) is 0. The number of hydrogen-bond acceptors (Lipinski definition) is 4. The lowest BCUT2D eigenvalue weighted by Gasteiger charge is -2.17. The average molecular weight is 179 g/mol. The molecule has 0 unspecified atom stereocenters. The Hall–Kier alpha value is -1.00. The van der Waals surface area contributed by atoms with Crippen LogP contribution < -0.4 is 5.73 Å². The van der Waals surface area contributed by atoms with Gasteiger partial charge in [0.2, 0.25) is 0 Å². The fourth-order valence-corrected chi connectivity index (χ4v) is 1.55. The van der Waals surface area contributed by atoms with Gasteiger partial charge in [0.15, 0.2) is 0 Å². The highest BCUT2D eigenvalue weighted by Crippen LogP contribution is 2.17.